The Bertz CT molecular complexity index is 236. The third kappa shape index (κ3) is 6.21. The van der Waals surface area contributed by atoms with Crippen LogP contribution in [0.1, 0.15) is 5.56 Å². The lowest BCUT2D eigenvalue weighted by Crippen LogP contribution is -1.80. The minimum atomic E-state index is -0.639. The molecule has 0 fully saturated rings. The van der Waals surface area contributed by atoms with E-state index in [0.29, 0.717) is 0 Å². The van der Waals surface area contributed by atoms with Crippen LogP contribution in [0, 0.1) is 0 Å². The second kappa shape index (κ2) is 8.69. The molecule has 0 amide bonds. The fourth-order valence-electron chi connectivity index (χ4n) is 0.740. The third-order valence-corrected chi connectivity index (χ3v) is 1.35. The van der Waals surface area contributed by atoms with Crippen LogP contribution in [0.3, 0.4) is 0 Å². The zero-order valence-corrected chi connectivity index (χ0v) is 10.4. The zero-order valence-electron chi connectivity index (χ0n) is 7.47. The van der Waals surface area contributed by atoms with Gasteiger partial charge in [-0.1, -0.05) is 24.8 Å². The average Bonchev–Trinajstić information content (AvgIpc) is 2.19. The molecular weight excluding hydrogens is 219 g/mol. The first-order chi connectivity index (χ1) is 6.28. The second-order valence-corrected chi connectivity index (χ2v) is 4.70. The number of benzene rings is 1. The maximum Gasteiger partial charge on any atom is 0.618 e. The van der Waals surface area contributed by atoms with Crippen LogP contribution in [0.5, 0.6) is 5.75 Å². The van der Waals surface area contributed by atoms with E-state index in [1.807, 2.05) is 24.3 Å². The molecular formula is C9H10Cl2MgO. The van der Waals surface area contributed by atoms with E-state index in [1.165, 1.54) is 0 Å². The minimum absolute atomic E-state index is 0.639. The van der Waals surface area contributed by atoms with E-state index in [-0.39, 0.29) is 0 Å². The molecule has 1 nitrogen and oxygen atoms in total. The van der Waals surface area contributed by atoms with E-state index in [1.54, 1.807) is 13.2 Å². The molecule has 1 aromatic carbocycles. The van der Waals surface area contributed by atoms with E-state index >= 15 is 0 Å². The normalized spacial score (nSPS) is 7.62. The van der Waals surface area contributed by atoms with Gasteiger partial charge in [0.05, 0.1) is 7.11 Å². The van der Waals surface area contributed by atoms with E-state index < -0.39 is 18.2 Å². The quantitative estimate of drug-likeness (QED) is 0.707. The molecule has 0 unspecified atom stereocenters. The summed E-state index contributed by atoms with van der Waals surface area (Å²) in [4.78, 5) is 0. The van der Waals surface area contributed by atoms with Crippen LogP contribution < -0.4 is 4.74 Å². The Hall–Kier alpha value is 0.106. The van der Waals surface area contributed by atoms with Crippen molar-refractivity contribution in [2.45, 2.75) is 0 Å². The highest BCUT2D eigenvalue weighted by Gasteiger charge is 1.87. The molecule has 68 valence electrons. The SMILES string of the molecule is C=Cc1ccc(OC)cc1.[Cl][Mg][Cl]. The molecule has 1 aromatic rings. The molecule has 0 heterocycles. The van der Waals surface area contributed by atoms with E-state index in [9.17, 15) is 0 Å². The zero-order chi connectivity index (χ0) is 10.1. The minimum Gasteiger partial charge on any atom is -0.497 e. The second-order valence-electron chi connectivity index (χ2n) is 2.08. The summed E-state index contributed by atoms with van der Waals surface area (Å²) in [6, 6.07) is 7.76. The number of methoxy groups -OCH3 is 1. The molecule has 4 heteroatoms. The lowest BCUT2D eigenvalue weighted by atomic mass is 10.2. The fourth-order valence-corrected chi connectivity index (χ4v) is 0.740. The van der Waals surface area contributed by atoms with Gasteiger partial charge in [0.2, 0.25) is 0 Å². The van der Waals surface area contributed by atoms with Crippen LogP contribution in [0.4, 0.5) is 0 Å². The Morgan fingerprint density at radius 1 is 1.31 bits per heavy atom. The van der Waals surface area contributed by atoms with Crippen molar-refractivity contribution in [1.29, 1.82) is 0 Å². The molecule has 0 bridgehead atoms. The van der Waals surface area contributed by atoms with Crippen molar-refractivity contribution >= 4 is 42.4 Å². The Labute approximate surface area is 96.0 Å². The Morgan fingerprint density at radius 3 is 2.08 bits per heavy atom. The van der Waals surface area contributed by atoms with Crippen molar-refractivity contribution in [3.63, 3.8) is 0 Å². The van der Waals surface area contributed by atoms with Crippen molar-refractivity contribution in [2.24, 2.45) is 0 Å². The van der Waals surface area contributed by atoms with Crippen molar-refractivity contribution in [2.75, 3.05) is 7.11 Å². The summed E-state index contributed by atoms with van der Waals surface area (Å²) in [5, 5.41) is 0. The van der Waals surface area contributed by atoms with Crippen LogP contribution in [0.15, 0.2) is 30.8 Å². The molecule has 0 spiro atoms. The average molecular weight is 229 g/mol. The maximum absolute atomic E-state index is 4.98. The maximum atomic E-state index is 4.98. The Balaban J connectivity index is 0.000000424. The van der Waals surface area contributed by atoms with Crippen molar-refractivity contribution in [1.82, 2.24) is 0 Å². The van der Waals surface area contributed by atoms with Gasteiger partial charge in [-0.2, -0.15) is 0 Å². The van der Waals surface area contributed by atoms with Gasteiger partial charge >= 0.3 is 18.2 Å². The molecule has 0 aliphatic carbocycles. The largest absolute Gasteiger partial charge is 0.618 e. The van der Waals surface area contributed by atoms with Crippen LogP contribution in [0.25, 0.3) is 6.08 Å². The van der Waals surface area contributed by atoms with Crippen LogP contribution in [-0.4, -0.2) is 25.3 Å². The highest BCUT2D eigenvalue weighted by atomic mass is 35.6. The van der Waals surface area contributed by atoms with E-state index in [2.05, 4.69) is 6.58 Å². The summed E-state index contributed by atoms with van der Waals surface area (Å²) in [5.41, 5.74) is 1.11. The highest BCUT2D eigenvalue weighted by molar-refractivity contribution is 7.22. The molecule has 0 N–H and O–H groups in total. The first-order valence-corrected chi connectivity index (χ1v) is 7.94. The lowest BCUT2D eigenvalue weighted by molar-refractivity contribution is 0.415. The van der Waals surface area contributed by atoms with Crippen molar-refractivity contribution < 1.29 is 4.74 Å². The summed E-state index contributed by atoms with van der Waals surface area (Å²) in [6.45, 7) is 3.65. The Morgan fingerprint density at radius 2 is 1.77 bits per heavy atom. The lowest BCUT2D eigenvalue weighted by Gasteiger charge is -1.97. The summed E-state index contributed by atoms with van der Waals surface area (Å²) < 4.78 is 4.98. The van der Waals surface area contributed by atoms with Gasteiger partial charge in [0.15, 0.2) is 0 Å². The van der Waals surface area contributed by atoms with Crippen LogP contribution in [-0.2, 0) is 0 Å². The molecule has 13 heavy (non-hydrogen) atoms. The summed E-state index contributed by atoms with van der Waals surface area (Å²) in [7, 11) is 11.5. The molecule has 1 rings (SSSR count). The Kier molecular flexibility index (Phi) is 8.76. The predicted molar refractivity (Wildman–Crippen MR) is 60.5 cm³/mol. The van der Waals surface area contributed by atoms with E-state index in [4.69, 9.17) is 22.9 Å². The number of ether oxygens (including phenoxy) is 1. The standard InChI is InChI=1S/C9H10O.2ClH.Mg/c1-3-8-4-6-9(10-2)7-5-8;;;/h3-7H,1H2,2H3;2*1H;/q;;;+2/p-2. The van der Waals surface area contributed by atoms with Gasteiger partial charge in [0.1, 0.15) is 5.75 Å². The van der Waals surface area contributed by atoms with Crippen LogP contribution in [0.2, 0.25) is 0 Å². The molecule has 0 saturated heterocycles. The number of halogens is 2. The first-order valence-electron chi connectivity index (χ1n) is 3.67. The van der Waals surface area contributed by atoms with Gasteiger partial charge in [-0.15, -0.1) is 0 Å². The molecule has 0 atom stereocenters. The number of hydrogen-bond acceptors (Lipinski definition) is 1. The van der Waals surface area contributed by atoms with Crippen molar-refractivity contribution in [3.8, 4) is 5.75 Å². The fraction of sp³-hybridized carbons (Fsp3) is 0.111. The van der Waals surface area contributed by atoms with Gasteiger partial charge in [0.25, 0.3) is 0 Å². The number of hydrogen-bond donors (Lipinski definition) is 0. The first kappa shape index (κ1) is 13.1. The molecule has 0 radical (unpaired) electrons. The van der Waals surface area contributed by atoms with Crippen LogP contribution >= 0.6 is 18.1 Å². The van der Waals surface area contributed by atoms with E-state index in [0.717, 1.165) is 11.3 Å². The van der Waals surface area contributed by atoms with Gasteiger partial charge in [0, 0.05) is 0 Å². The van der Waals surface area contributed by atoms with Gasteiger partial charge in [-0.25, -0.2) is 0 Å². The summed E-state index contributed by atoms with van der Waals surface area (Å²) in [6.07, 6.45) is 1.80. The molecule has 0 aliphatic rings. The molecule has 0 aliphatic heterocycles. The summed E-state index contributed by atoms with van der Waals surface area (Å²) >= 11 is -0.639. The smallest absolute Gasteiger partial charge is 0.497 e. The summed E-state index contributed by atoms with van der Waals surface area (Å²) in [5.74, 6) is 0.880. The molecule has 0 aromatic heterocycles. The highest BCUT2D eigenvalue weighted by Crippen LogP contribution is 2.11. The van der Waals surface area contributed by atoms with Gasteiger partial charge in [-0.3, -0.25) is 0 Å². The molecule has 0 saturated carbocycles. The van der Waals surface area contributed by atoms with Crippen molar-refractivity contribution in [3.05, 3.63) is 36.4 Å². The predicted octanol–water partition coefficient (Wildman–Crippen LogP) is 3.34. The topological polar surface area (TPSA) is 9.23 Å². The van der Waals surface area contributed by atoms with Gasteiger partial charge in [-0.05, 0) is 17.7 Å². The number of rotatable bonds is 2. The third-order valence-electron chi connectivity index (χ3n) is 1.35. The monoisotopic (exact) mass is 228 g/mol. The van der Waals surface area contributed by atoms with Gasteiger partial charge < -0.3 is 22.9 Å².